The number of benzene rings is 1. The second kappa shape index (κ2) is 3.78. The lowest BCUT2D eigenvalue weighted by molar-refractivity contribution is 0.394. The summed E-state index contributed by atoms with van der Waals surface area (Å²) in [6, 6.07) is 6.57. The summed E-state index contributed by atoms with van der Waals surface area (Å²) in [5.74, 6) is -0.226. The van der Waals surface area contributed by atoms with E-state index < -0.39 is 5.54 Å². The predicted octanol–water partition coefficient (Wildman–Crippen LogP) is 3.11. The zero-order valence-electron chi connectivity index (χ0n) is 8.80. The molecule has 0 amide bonds. The molecule has 80 valence electrons. The highest BCUT2D eigenvalue weighted by Crippen LogP contribution is 2.38. The Labute approximate surface area is 89.8 Å². The van der Waals surface area contributed by atoms with Gasteiger partial charge in [0.2, 0.25) is 0 Å². The van der Waals surface area contributed by atoms with Crippen LogP contribution in [-0.4, -0.2) is 0 Å². The van der Waals surface area contributed by atoms with Gasteiger partial charge in [0.15, 0.2) is 0 Å². The molecule has 1 saturated carbocycles. The van der Waals surface area contributed by atoms with Gasteiger partial charge in [0, 0.05) is 0 Å². The zero-order valence-corrected chi connectivity index (χ0v) is 8.80. The van der Waals surface area contributed by atoms with Gasteiger partial charge < -0.3 is 5.73 Å². The Bertz CT molecular complexity index is 386. The molecule has 0 aromatic heterocycles. The molecule has 1 fully saturated rings. The zero-order chi connectivity index (χ0) is 10.9. The summed E-state index contributed by atoms with van der Waals surface area (Å²) in [4.78, 5) is 0. The van der Waals surface area contributed by atoms with Gasteiger partial charge in [-0.1, -0.05) is 30.7 Å². The van der Waals surface area contributed by atoms with Gasteiger partial charge in [-0.2, -0.15) is 0 Å². The monoisotopic (exact) mass is 205 g/mol. The van der Waals surface area contributed by atoms with Crippen LogP contribution in [-0.2, 0) is 5.54 Å². The Morgan fingerprint density at radius 1 is 1.33 bits per heavy atom. The van der Waals surface area contributed by atoms with Crippen molar-refractivity contribution in [1.29, 1.82) is 0 Å². The van der Waals surface area contributed by atoms with Gasteiger partial charge in [-0.25, -0.2) is 4.39 Å². The van der Waals surface area contributed by atoms with Gasteiger partial charge in [0.25, 0.3) is 0 Å². The van der Waals surface area contributed by atoms with Gasteiger partial charge in [-0.15, -0.1) is 0 Å². The molecule has 0 spiro atoms. The fourth-order valence-electron chi connectivity index (χ4n) is 2.26. The summed E-state index contributed by atoms with van der Waals surface area (Å²) in [5, 5.41) is 0. The maximum absolute atomic E-state index is 13.1. The molecule has 1 aromatic carbocycles. The molecule has 0 bridgehead atoms. The maximum atomic E-state index is 13.1. The van der Waals surface area contributed by atoms with Crippen molar-refractivity contribution in [1.82, 2.24) is 0 Å². The Balaban J connectivity index is 2.39. The normalized spacial score (nSPS) is 26.7. The van der Waals surface area contributed by atoms with E-state index in [1.165, 1.54) is 12.1 Å². The second-order valence-corrected chi connectivity index (χ2v) is 4.29. The first-order valence-corrected chi connectivity index (χ1v) is 5.36. The SMILES string of the molecule is C=C1CCCCC1(N)c1cccc(F)c1. The Morgan fingerprint density at radius 3 is 2.80 bits per heavy atom. The standard InChI is InChI=1S/C13H16FN/c1-10-5-2-3-8-13(10,15)11-6-4-7-12(14)9-11/h4,6-7,9H,1-3,5,8,15H2. The third-order valence-electron chi connectivity index (χ3n) is 3.27. The van der Waals surface area contributed by atoms with Crippen molar-refractivity contribution in [2.75, 3.05) is 0 Å². The summed E-state index contributed by atoms with van der Waals surface area (Å²) in [6.45, 7) is 4.03. The van der Waals surface area contributed by atoms with E-state index in [4.69, 9.17) is 5.73 Å². The van der Waals surface area contributed by atoms with E-state index in [-0.39, 0.29) is 5.82 Å². The fraction of sp³-hybridized carbons (Fsp3) is 0.385. The molecule has 2 N–H and O–H groups in total. The summed E-state index contributed by atoms with van der Waals surface area (Å²) in [6.07, 6.45) is 4.06. The first-order valence-electron chi connectivity index (χ1n) is 5.36. The third-order valence-corrected chi connectivity index (χ3v) is 3.27. The predicted molar refractivity (Wildman–Crippen MR) is 59.9 cm³/mol. The minimum atomic E-state index is -0.514. The summed E-state index contributed by atoms with van der Waals surface area (Å²) < 4.78 is 13.1. The van der Waals surface area contributed by atoms with Gasteiger partial charge in [0.1, 0.15) is 5.82 Å². The van der Waals surface area contributed by atoms with E-state index in [0.717, 1.165) is 36.8 Å². The van der Waals surface area contributed by atoms with Crippen molar-refractivity contribution in [3.8, 4) is 0 Å². The molecule has 1 aliphatic rings. The summed E-state index contributed by atoms with van der Waals surface area (Å²) >= 11 is 0. The Morgan fingerprint density at radius 2 is 2.13 bits per heavy atom. The number of hydrogen-bond acceptors (Lipinski definition) is 1. The topological polar surface area (TPSA) is 26.0 Å². The summed E-state index contributed by atoms with van der Waals surface area (Å²) in [7, 11) is 0. The van der Waals surface area contributed by atoms with Crippen LogP contribution < -0.4 is 5.73 Å². The smallest absolute Gasteiger partial charge is 0.123 e. The molecular weight excluding hydrogens is 189 g/mol. The molecule has 1 unspecified atom stereocenters. The van der Waals surface area contributed by atoms with Crippen LogP contribution in [0, 0.1) is 5.82 Å². The molecule has 1 aliphatic carbocycles. The lowest BCUT2D eigenvalue weighted by Gasteiger charge is -2.36. The van der Waals surface area contributed by atoms with Crippen LogP contribution in [0.5, 0.6) is 0 Å². The van der Waals surface area contributed by atoms with Crippen LogP contribution in [0.4, 0.5) is 4.39 Å². The molecule has 0 saturated heterocycles. The molecule has 0 heterocycles. The minimum absolute atomic E-state index is 0.226. The third kappa shape index (κ3) is 1.82. The number of nitrogens with two attached hydrogens (primary N) is 1. The van der Waals surface area contributed by atoms with Gasteiger partial charge in [0.05, 0.1) is 5.54 Å². The maximum Gasteiger partial charge on any atom is 0.123 e. The van der Waals surface area contributed by atoms with Crippen LogP contribution in [0.2, 0.25) is 0 Å². The quantitative estimate of drug-likeness (QED) is 0.700. The van der Waals surface area contributed by atoms with E-state index >= 15 is 0 Å². The first-order chi connectivity index (χ1) is 7.13. The van der Waals surface area contributed by atoms with Crippen molar-refractivity contribution < 1.29 is 4.39 Å². The molecule has 2 heteroatoms. The second-order valence-electron chi connectivity index (χ2n) is 4.29. The first kappa shape index (κ1) is 10.4. The lowest BCUT2D eigenvalue weighted by Crippen LogP contribution is -2.40. The van der Waals surface area contributed by atoms with Crippen molar-refractivity contribution in [2.24, 2.45) is 5.73 Å². The van der Waals surface area contributed by atoms with Gasteiger partial charge in [-0.05, 0) is 37.0 Å². The molecule has 0 radical (unpaired) electrons. The Hall–Kier alpha value is -1.15. The molecule has 1 nitrogen and oxygen atoms in total. The van der Waals surface area contributed by atoms with E-state index in [9.17, 15) is 4.39 Å². The van der Waals surface area contributed by atoms with Crippen LogP contribution in [0.25, 0.3) is 0 Å². The largest absolute Gasteiger partial charge is 0.318 e. The van der Waals surface area contributed by atoms with E-state index in [1.54, 1.807) is 6.07 Å². The van der Waals surface area contributed by atoms with Crippen LogP contribution in [0.15, 0.2) is 36.4 Å². The molecular formula is C13H16FN. The lowest BCUT2D eigenvalue weighted by atomic mass is 9.74. The fourth-order valence-corrected chi connectivity index (χ4v) is 2.26. The van der Waals surface area contributed by atoms with Gasteiger partial charge >= 0.3 is 0 Å². The van der Waals surface area contributed by atoms with Crippen LogP contribution in [0.3, 0.4) is 0 Å². The molecule has 1 atom stereocenters. The molecule has 15 heavy (non-hydrogen) atoms. The average Bonchev–Trinajstić information content (AvgIpc) is 2.23. The highest BCUT2D eigenvalue weighted by Gasteiger charge is 2.32. The highest BCUT2D eigenvalue weighted by molar-refractivity contribution is 5.34. The van der Waals surface area contributed by atoms with Crippen molar-refractivity contribution >= 4 is 0 Å². The molecule has 1 aromatic rings. The van der Waals surface area contributed by atoms with E-state index in [0.29, 0.717) is 0 Å². The van der Waals surface area contributed by atoms with Crippen molar-refractivity contribution in [3.05, 3.63) is 47.8 Å². The van der Waals surface area contributed by atoms with E-state index in [1.807, 2.05) is 6.07 Å². The number of rotatable bonds is 1. The average molecular weight is 205 g/mol. The number of hydrogen-bond donors (Lipinski definition) is 1. The van der Waals surface area contributed by atoms with Crippen molar-refractivity contribution in [2.45, 2.75) is 31.2 Å². The van der Waals surface area contributed by atoms with Gasteiger partial charge in [-0.3, -0.25) is 0 Å². The van der Waals surface area contributed by atoms with Crippen molar-refractivity contribution in [3.63, 3.8) is 0 Å². The summed E-state index contributed by atoms with van der Waals surface area (Å²) in [5.41, 5.74) is 7.69. The van der Waals surface area contributed by atoms with Crippen LogP contribution in [0.1, 0.15) is 31.2 Å². The van der Waals surface area contributed by atoms with E-state index in [2.05, 4.69) is 6.58 Å². The molecule has 2 rings (SSSR count). The minimum Gasteiger partial charge on any atom is -0.318 e. The highest BCUT2D eigenvalue weighted by atomic mass is 19.1. The number of halogens is 1. The Kier molecular flexibility index (Phi) is 2.61. The molecule has 0 aliphatic heterocycles. The van der Waals surface area contributed by atoms with Crippen LogP contribution >= 0.6 is 0 Å².